The minimum Gasteiger partial charge on any atom is -1.00 e. The summed E-state index contributed by atoms with van der Waals surface area (Å²) < 4.78 is 7.65. The third-order valence-electron chi connectivity index (χ3n) is 4.00. The summed E-state index contributed by atoms with van der Waals surface area (Å²) in [6, 6.07) is 13.2. The molecule has 0 N–H and O–H groups in total. The predicted octanol–water partition coefficient (Wildman–Crippen LogP) is -0.733. The third-order valence-corrected chi connectivity index (χ3v) is 5.61. The van der Waals surface area contributed by atoms with E-state index in [1.54, 1.807) is 0 Å². The van der Waals surface area contributed by atoms with Crippen LogP contribution in [0.15, 0.2) is 54.1 Å². The minimum atomic E-state index is -0.614. The number of hydrogen-bond acceptors (Lipinski definition) is 1. The Morgan fingerprint density at radius 3 is 2.40 bits per heavy atom. The summed E-state index contributed by atoms with van der Waals surface area (Å²) in [7, 11) is 0. The van der Waals surface area contributed by atoms with Crippen LogP contribution in [0.3, 0.4) is 0 Å². The van der Waals surface area contributed by atoms with E-state index in [1.807, 2.05) is 0 Å². The molecule has 0 aromatic heterocycles. The van der Waals surface area contributed by atoms with Gasteiger partial charge in [0.15, 0.2) is 0 Å². The molecule has 25 heavy (non-hydrogen) atoms. The second kappa shape index (κ2) is 9.39. The Morgan fingerprint density at radius 1 is 1.04 bits per heavy atom. The molecule has 1 aliphatic carbocycles. The zero-order chi connectivity index (χ0) is 16.4. The summed E-state index contributed by atoms with van der Waals surface area (Å²) in [4.78, 5) is 0. The van der Waals surface area contributed by atoms with E-state index in [0.717, 1.165) is 13.0 Å². The fourth-order valence-corrected chi connectivity index (χ4v) is 4.92. The molecule has 0 saturated carbocycles. The van der Waals surface area contributed by atoms with Crippen LogP contribution >= 0.6 is 0 Å². The molecule has 0 bridgehead atoms. The average molecular weight is 411 g/mol. The molecule has 0 radical (unpaired) electrons. The molecule has 1 nitrogen and oxygen atoms in total. The first-order valence-electron chi connectivity index (χ1n) is 8.21. The van der Waals surface area contributed by atoms with Crippen LogP contribution in [0.4, 0.5) is 0 Å². The van der Waals surface area contributed by atoms with Crippen molar-refractivity contribution >= 4 is 20.2 Å². The molecule has 0 amide bonds. The molecule has 0 fully saturated rings. The Bertz CT molecular complexity index is 788. The van der Waals surface area contributed by atoms with Crippen molar-refractivity contribution in [2.75, 3.05) is 6.61 Å². The first-order valence-corrected chi connectivity index (χ1v) is 9.63. The number of allylic oxidation sites excluding steroid dienone is 4. The van der Waals surface area contributed by atoms with Crippen LogP contribution in [0.1, 0.15) is 39.7 Å². The van der Waals surface area contributed by atoms with Crippen LogP contribution in [0.2, 0.25) is 0 Å². The molecule has 3 rings (SSSR count). The van der Waals surface area contributed by atoms with Crippen molar-refractivity contribution in [1.82, 2.24) is 0 Å². The molecule has 0 aliphatic heterocycles. The zero-order valence-electron chi connectivity index (χ0n) is 15.2. The first kappa shape index (κ1) is 22.5. The van der Waals surface area contributed by atoms with Crippen LogP contribution in [-0.4, -0.2) is 6.61 Å². The second-order valence-corrected chi connectivity index (χ2v) is 9.03. The van der Waals surface area contributed by atoms with Crippen molar-refractivity contribution in [1.29, 1.82) is 0 Å². The van der Waals surface area contributed by atoms with Gasteiger partial charge < -0.3 is 24.8 Å². The van der Waals surface area contributed by atoms with Crippen LogP contribution in [0, 0.1) is 5.41 Å². The van der Waals surface area contributed by atoms with Crippen molar-refractivity contribution in [3.8, 4) is 0 Å². The molecule has 0 heterocycles. The molecular formula is C21H24Cl2OTi. The molecule has 4 heteroatoms. The van der Waals surface area contributed by atoms with Crippen LogP contribution in [-0.2, 0) is 22.9 Å². The molecule has 0 unspecified atom stereocenters. The standard InChI is InChI=1S/C16H13.C5H11O.2ClH.Ti/c1-12-6-7-15(10-12)16-9-8-13-4-2-3-5-14(13)11-16;1-5(2,3)4-6;;;/h2-6,8-10H,7H2,1H3;4H2,1-3H3;2*1H;/q;-1;;;+3/p-2. The van der Waals surface area contributed by atoms with Crippen molar-refractivity contribution in [3.63, 3.8) is 0 Å². The first-order chi connectivity index (χ1) is 10.9. The fraction of sp³-hybridized carbons (Fsp3) is 0.333. The van der Waals surface area contributed by atoms with Gasteiger partial charge in [-0.1, -0.05) is 0 Å². The maximum Gasteiger partial charge on any atom is -1.00 e. The van der Waals surface area contributed by atoms with Crippen LogP contribution < -0.4 is 28.7 Å². The van der Waals surface area contributed by atoms with Crippen molar-refractivity contribution < 1.29 is 47.7 Å². The SMILES string of the molecule is CC1=CCC(c2ccc3ccccc3[c]2[Ti+2][O]CC(C)(C)C)=C1.[Cl-].[Cl-]. The minimum absolute atomic E-state index is 0. The normalized spacial score (nSPS) is 13.4. The van der Waals surface area contributed by atoms with Gasteiger partial charge in [-0.05, 0) is 0 Å². The monoisotopic (exact) mass is 410 g/mol. The van der Waals surface area contributed by atoms with E-state index in [0.29, 0.717) is 0 Å². The van der Waals surface area contributed by atoms with Gasteiger partial charge in [0.25, 0.3) is 0 Å². The number of benzene rings is 2. The molecule has 2 aromatic carbocycles. The van der Waals surface area contributed by atoms with Gasteiger partial charge in [0.1, 0.15) is 0 Å². The Kier molecular flexibility index (Phi) is 8.44. The third kappa shape index (κ3) is 5.71. The summed E-state index contributed by atoms with van der Waals surface area (Å²) in [6.45, 7) is 9.70. The van der Waals surface area contributed by atoms with Gasteiger partial charge in [-0.25, -0.2) is 0 Å². The Labute approximate surface area is 173 Å². The fourth-order valence-electron chi connectivity index (χ4n) is 2.83. The molecule has 132 valence electrons. The summed E-state index contributed by atoms with van der Waals surface area (Å²) in [5, 5.41) is 2.68. The van der Waals surface area contributed by atoms with E-state index in [-0.39, 0.29) is 30.2 Å². The molecule has 1 aliphatic rings. The second-order valence-electron chi connectivity index (χ2n) is 7.48. The van der Waals surface area contributed by atoms with Crippen LogP contribution in [0.5, 0.6) is 0 Å². The molecule has 0 saturated heterocycles. The van der Waals surface area contributed by atoms with Crippen molar-refractivity contribution in [2.24, 2.45) is 5.41 Å². The summed E-state index contributed by atoms with van der Waals surface area (Å²) in [6.07, 6.45) is 5.68. The van der Waals surface area contributed by atoms with E-state index in [4.69, 9.17) is 3.32 Å². The van der Waals surface area contributed by atoms with E-state index < -0.39 is 19.5 Å². The Morgan fingerprint density at radius 2 is 1.76 bits per heavy atom. The van der Waals surface area contributed by atoms with Gasteiger partial charge in [-0.15, -0.1) is 0 Å². The molecular weight excluding hydrogens is 387 g/mol. The van der Waals surface area contributed by atoms with Gasteiger partial charge in [0.2, 0.25) is 0 Å². The molecule has 2 aromatic rings. The molecule has 0 atom stereocenters. The largest absolute Gasteiger partial charge is 1.00 e. The summed E-state index contributed by atoms with van der Waals surface area (Å²) in [5.74, 6) is 0. The maximum absolute atomic E-state index is 6.20. The number of hydrogen-bond donors (Lipinski definition) is 0. The molecule has 0 spiro atoms. The zero-order valence-corrected chi connectivity index (χ0v) is 18.3. The number of rotatable bonds is 4. The quantitative estimate of drug-likeness (QED) is 0.603. The van der Waals surface area contributed by atoms with Crippen molar-refractivity contribution in [2.45, 2.75) is 34.1 Å². The maximum atomic E-state index is 6.20. The summed E-state index contributed by atoms with van der Waals surface area (Å²) >= 11 is -0.614. The van der Waals surface area contributed by atoms with Gasteiger partial charge in [0, 0.05) is 0 Å². The van der Waals surface area contributed by atoms with E-state index in [9.17, 15) is 0 Å². The summed E-state index contributed by atoms with van der Waals surface area (Å²) in [5.41, 5.74) is 4.42. The number of fused-ring (bicyclic) bond motifs is 1. The van der Waals surface area contributed by atoms with Gasteiger partial charge in [-0.2, -0.15) is 0 Å². The number of halogens is 2. The van der Waals surface area contributed by atoms with Crippen molar-refractivity contribution in [3.05, 3.63) is 59.7 Å². The van der Waals surface area contributed by atoms with E-state index >= 15 is 0 Å². The van der Waals surface area contributed by atoms with Crippen LogP contribution in [0.25, 0.3) is 16.3 Å². The van der Waals surface area contributed by atoms with E-state index in [2.05, 4.69) is 76.2 Å². The predicted molar refractivity (Wildman–Crippen MR) is 95.3 cm³/mol. The van der Waals surface area contributed by atoms with Gasteiger partial charge >= 0.3 is 149 Å². The van der Waals surface area contributed by atoms with E-state index in [1.165, 1.54) is 31.4 Å². The Balaban J connectivity index is 0.00000156. The average Bonchev–Trinajstić information content (AvgIpc) is 2.92. The topological polar surface area (TPSA) is 9.23 Å². The Hall–Kier alpha value is -0.566. The smallest absolute Gasteiger partial charge is 1.00 e. The van der Waals surface area contributed by atoms with Gasteiger partial charge in [-0.3, -0.25) is 0 Å². The van der Waals surface area contributed by atoms with Gasteiger partial charge in [0.05, 0.1) is 0 Å².